The monoisotopic (exact) mass is 328 g/mol. The number of rotatable bonds is 1. The van der Waals surface area contributed by atoms with Crippen molar-refractivity contribution in [2.75, 3.05) is 5.73 Å². The Labute approximate surface area is 125 Å². The molecule has 0 unspecified atom stereocenters. The van der Waals surface area contributed by atoms with Gasteiger partial charge in [0.25, 0.3) is 0 Å². The second-order valence-corrected chi connectivity index (χ2v) is 5.61. The summed E-state index contributed by atoms with van der Waals surface area (Å²) in [5, 5.41) is 0.983. The van der Waals surface area contributed by atoms with Crippen molar-refractivity contribution < 1.29 is 0 Å². The Bertz CT molecular complexity index is 814. The molecule has 0 radical (unpaired) electrons. The third-order valence-electron chi connectivity index (χ3n) is 3.21. The van der Waals surface area contributed by atoms with Crippen LogP contribution in [0, 0.1) is 13.8 Å². The molecule has 0 aliphatic rings. The van der Waals surface area contributed by atoms with Crippen LogP contribution in [0.1, 0.15) is 11.3 Å². The van der Waals surface area contributed by atoms with Crippen LogP contribution in [0.15, 0.2) is 34.9 Å². The fraction of sp³-hybridized carbons (Fsp3) is 0.133. The lowest BCUT2D eigenvalue weighted by Crippen LogP contribution is -2.01. The predicted molar refractivity (Wildman–Crippen MR) is 84.4 cm³/mol. The van der Waals surface area contributed by atoms with Gasteiger partial charge in [-0.2, -0.15) is 0 Å². The van der Waals surface area contributed by atoms with Crippen molar-refractivity contribution in [3.63, 3.8) is 0 Å². The Morgan fingerprint density at radius 1 is 1.15 bits per heavy atom. The number of aromatic nitrogens is 3. The minimum absolute atomic E-state index is 0.437. The summed E-state index contributed by atoms with van der Waals surface area (Å²) in [6, 6.07) is 7.89. The van der Waals surface area contributed by atoms with Gasteiger partial charge in [-0.05, 0) is 31.5 Å². The van der Waals surface area contributed by atoms with Gasteiger partial charge < -0.3 is 5.73 Å². The fourth-order valence-corrected chi connectivity index (χ4v) is 2.68. The van der Waals surface area contributed by atoms with Crippen LogP contribution in [0.2, 0.25) is 0 Å². The first-order valence-corrected chi connectivity index (χ1v) is 7.01. The normalized spacial score (nSPS) is 10.9. The molecule has 0 saturated heterocycles. The Morgan fingerprint density at radius 2 is 1.95 bits per heavy atom. The number of aryl methyl sites for hydroxylation is 2. The fourth-order valence-electron chi connectivity index (χ4n) is 2.28. The largest absolute Gasteiger partial charge is 0.382 e. The number of halogens is 1. The molecule has 0 spiro atoms. The molecule has 2 N–H and O–H groups in total. The summed E-state index contributed by atoms with van der Waals surface area (Å²) in [7, 11) is 0. The first-order chi connectivity index (χ1) is 9.56. The number of pyridine rings is 1. The lowest BCUT2D eigenvalue weighted by atomic mass is 10.1. The molecular weight excluding hydrogens is 316 g/mol. The van der Waals surface area contributed by atoms with Gasteiger partial charge in [-0.3, -0.25) is 0 Å². The third kappa shape index (κ3) is 2.14. The first kappa shape index (κ1) is 13.0. The number of hydrogen-bond donors (Lipinski definition) is 1. The van der Waals surface area contributed by atoms with Crippen LogP contribution < -0.4 is 5.73 Å². The molecule has 20 heavy (non-hydrogen) atoms. The van der Waals surface area contributed by atoms with Crippen molar-refractivity contribution in [3.8, 4) is 11.4 Å². The third-order valence-corrected chi connectivity index (χ3v) is 3.70. The minimum atomic E-state index is 0.437. The Hall–Kier alpha value is -2.01. The van der Waals surface area contributed by atoms with E-state index in [1.54, 1.807) is 6.20 Å². The van der Waals surface area contributed by atoms with Gasteiger partial charge in [0.2, 0.25) is 0 Å². The van der Waals surface area contributed by atoms with Crippen molar-refractivity contribution in [2.24, 2.45) is 0 Å². The molecule has 3 rings (SSSR count). The summed E-state index contributed by atoms with van der Waals surface area (Å²) >= 11 is 3.46. The number of anilines is 1. The smallest absolute Gasteiger partial charge is 0.160 e. The summed E-state index contributed by atoms with van der Waals surface area (Å²) in [6.45, 7) is 3.96. The summed E-state index contributed by atoms with van der Waals surface area (Å²) in [4.78, 5) is 13.4. The molecule has 0 atom stereocenters. The number of hydrogen-bond acceptors (Lipinski definition) is 4. The maximum Gasteiger partial charge on any atom is 0.160 e. The zero-order valence-corrected chi connectivity index (χ0v) is 12.8. The van der Waals surface area contributed by atoms with Gasteiger partial charge in [-0.1, -0.05) is 28.1 Å². The van der Waals surface area contributed by atoms with Gasteiger partial charge in [-0.25, -0.2) is 15.0 Å². The topological polar surface area (TPSA) is 64.7 Å². The summed E-state index contributed by atoms with van der Waals surface area (Å²) in [5.41, 5.74) is 9.57. The highest BCUT2D eigenvalue weighted by atomic mass is 79.9. The van der Waals surface area contributed by atoms with Gasteiger partial charge in [0.05, 0.1) is 0 Å². The van der Waals surface area contributed by atoms with E-state index in [0.717, 1.165) is 26.7 Å². The van der Waals surface area contributed by atoms with Gasteiger partial charge >= 0.3 is 0 Å². The van der Waals surface area contributed by atoms with Crippen LogP contribution >= 0.6 is 15.9 Å². The standard InChI is InChI=1S/C15H13BrN4/c1-8-7-18-14(17)13-12(8)9(2)19-15(20-13)10-4-3-5-11(16)6-10/h3-7H,1-2H3,(H2,17,18). The van der Waals surface area contributed by atoms with Crippen LogP contribution in [-0.2, 0) is 0 Å². The van der Waals surface area contributed by atoms with Crippen molar-refractivity contribution in [1.29, 1.82) is 0 Å². The number of nitrogen functional groups attached to an aromatic ring is 1. The molecule has 0 aliphatic heterocycles. The highest BCUT2D eigenvalue weighted by Crippen LogP contribution is 2.27. The van der Waals surface area contributed by atoms with E-state index >= 15 is 0 Å². The van der Waals surface area contributed by atoms with E-state index in [2.05, 4.69) is 30.9 Å². The van der Waals surface area contributed by atoms with E-state index in [9.17, 15) is 0 Å². The van der Waals surface area contributed by atoms with E-state index in [4.69, 9.17) is 5.73 Å². The van der Waals surface area contributed by atoms with E-state index in [0.29, 0.717) is 17.2 Å². The number of fused-ring (bicyclic) bond motifs is 1. The zero-order valence-electron chi connectivity index (χ0n) is 11.2. The summed E-state index contributed by atoms with van der Waals surface area (Å²) in [5.74, 6) is 1.10. The molecule has 0 bridgehead atoms. The van der Waals surface area contributed by atoms with Crippen LogP contribution in [0.5, 0.6) is 0 Å². The Balaban J connectivity index is 2.32. The second kappa shape index (κ2) is 4.83. The van der Waals surface area contributed by atoms with Crippen molar-refractivity contribution in [1.82, 2.24) is 15.0 Å². The molecule has 3 aromatic rings. The van der Waals surface area contributed by atoms with E-state index in [1.807, 2.05) is 38.1 Å². The van der Waals surface area contributed by atoms with Gasteiger partial charge in [0, 0.05) is 27.3 Å². The molecule has 4 nitrogen and oxygen atoms in total. The molecule has 0 saturated carbocycles. The molecule has 2 heterocycles. The van der Waals surface area contributed by atoms with Crippen LogP contribution in [0.25, 0.3) is 22.3 Å². The lowest BCUT2D eigenvalue weighted by Gasteiger charge is -2.09. The van der Waals surface area contributed by atoms with Gasteiger partial charge in [0.15, 0.2) is 5.82 Å². The second-order valence-electron chi connectivity index (χ2n) is 4.69. The van der Waals surface area contributed by atoms with Gasteiger partial charge in [0.1, 0.15) is 11.3 Å². The molecule has 0 aliphatic carbocycles. The van der Waals surface area contributed by atoms with E-state index in [-0.39, 0.29) is 0 Å². The Kier molecular flexibility index (Phi) is 3.14. The molecule has 2 aromatic heterocycles. The van der Waals surface area contributed by atoms with Crippen molar-refractivity contribution in [2.45, 2.75) is 13.8 Å². The van der Waals surface area contributed by atoms with Gasteiger partial charge in [-0.15, -0.1) is 0 Å². The Morgan fingerprint density at radius 3 is 2.70 bits per heavy atom. The minimum Gasteiger partial charge on any atom is -0.382 e. The average Bonchev–Trinajstić information content (AvgIpc) is 2.42. The first-order valence-electron chi connectivity index (χ1n) is 6.21. The van der Waals surface area contributed by atoms with E-state index < -0.39 is 0 Å². The molecule has 100 valence electrons. The maximum atomic E-state index is 5.96. The average molecular weight is 329 g/mol. The number of nitrogens with two attached hydrogens (primary N) is 1. The van der Waals surface area contributed by atoms with E-state index in [1.165, 1.54) is 0 Å². The van der Waals surface area contributed by atoms with Crippen LogP contribution in [-0.4, -0.2) is 15.0 Å². The summed E-state index contributed by atoms with van der Waals surface area (Å²) < 4.78 is 0.992. The zero-order chi connectivity index (χ0) is 14.3. The quantitative estimate of drug-likeness (QED) is 0.740. The molecule has 0 amide bonds. The predicted octanol–water partition coefficient (Wildman–Crippen LogP) is 3.65. The number of nitrogens with zero attached hydrogens (tertiary/aromatic N) is 3. The number of benzene rings is 1. The highest BCUT2D eigenvalue weighted by molar-refractivity contribution is 9.10. The van der Waals surface area contributed by atoms with Crippen LogP contribution in [0.3, 0.4) is 0 Å². The van der Waals surface area contributed by atoms with Crippen molar-refractivity contribution in [3.05, 3.63) is 46.2 Å². The van der Waals surface area contributed by atoms with Crippen LogP contribution in [0.4, 0.5) is 5.82 Å². The maximum absolute atomic E-state index is 5.96. The molecular formula is C15H13BrN4. The SMILES string of the molecule is Cc1cnc(N)c2nc(-c3cccc(Br)c3)nc(C)c12. The van der Waals surface area contributed by atoms with Crippen molar-refractivity contribution >= 4 is 32.7 Å². The lowest BCUT2D eigenvalue weighted by molar-refractivity contribution is 1.14. The highest BCUT2D eigenvalue weighted by Gasteiger charge is 2.11. The molecule has 1 aromatic carbocycles. The summed E-state index contributed by atoms with van der Waals surface area (Å²) in [6.07, 6.45) is 1.76. The molecule has 0 fully saturated rings. The molecule has 5 heteroatoms.